The number of aromatic nitrogens is 1. The van der Waals surface area contributed by atoms with Crippen LogP contribution in [0.25, 0.3) is 10.9 Å². The van der Waals surface area contributed by atoms with Gasteiger partial charge in [0, 0.05) is 23.7 Å². The van der Waals surface area contributed by atoms with Crippen molar-refractivity contribution in [2.75, 3.05) is 6.61 Å². The first-order valence-electron chi connectivity index (χ1n) is 5.87. The van der Waals surface area contributed by atoms with Crippen molar-refractivity contribution < 1.29 is 9.53 Å². The Morgan fingerprint density at radius 1 is 1.33 bits per heavy atom. The summed E-state index contributed by atoms with van der Waals surface area (Å²) in [5, 5.41) is 0.599. The molecule has 0 radical (unpaired) electrons. The number of ketones is 1. The van der Waals surface area contributed by atoms with Gasteiger partial charge in [0.05, 0.1) is 18.7 Å². The SMILES string of the molecule is CCOc1ccc2c(=O)ccn(CC(C)=O)c2c1. The normalized spacial score (nSPS) is 10.6. The highest BCUT2D eigenvalue weighted by molar-refractivity contribution is 5.83. The van der Waals surface area contributed by atoms with Crippen molar-refractivity contribution in [1.29, 1.82) is 0 Å². The van der Waals surface area contributed by atoms with Gasteiger partial charge in [0.25, 0.3) is 0 Å². The quantitative estimate of drug-likeness (QED) is 0.827. The molecule has 0 aliphatic carbocycles. The number of hydrogen-bond acceptors (Lipinski definition) is 3. The van der Waals surface area contributed by atoms with Crippen LogP contribution in [0, 0.1) is 0 Å². The summed E-state index contributed by atoms with van der Waals surface area (Å²) in [4.78, 5) is 23.0. The summed E-state index contributed by atoms with van der Waals surface area (Å²) in [5.41, 5.74) is 0.677. The van der Waals surface area contributed by atoms with Gasteiger partial charge >= 0.3 is 0 Å². The maximum absolute atomic E-state index is 11.7. The molecule has 0 atom stereocenters. The van der Waals surface area contributed by atoms with Crippen LogP contribution in [-0.4, -0.2) is 17.0 Å². The number of hydrogen-bond donors (Lipinski definition) is 0. The maximum Gasteiger partial charge on any atom is 0.189 e. The van der Waals surface area contributed by atoms with Crippen LogP contribution < -0.4 is 10.2 Å². The van der Waals surface area contributed by atoms with Gasteiger partial charge in [0.1, 0.15) is 11.5 Å². The molecule has 0 N–H and O–H groups in total. The molecular formula is C14H15NO3. The van der Waals surface area contributed by atoms with Gasteiger partial charge in [-0.2, -0.15) is 0 Å². The third-order valence-corrected chi connectivity index (χ3v) is 2.65. The summed E-state index contributed by atoms with van der Waals surface area (Å²) < 4.78 is 7.18. The molecule has 18 heavy (non-hydrogen) atoms. The second-order valence-electron chi connectivity index (χ2n) is 4.12. The smallest absolute Gasteiger partial charge is 0.189 e. The van der Waals surface area contributed by atoms with Crippen LogP contribution in [-0.2, 0) is 11.3 Å². The van der Waals surface area contributed by atoms with Gasteiger partial charge < -0.3 is 9.30 Å². The molecule has 94 valence electrons. The van der Waals surface area contributed by atoms with Crippen LogP contribution in [0.4, 0.5) is 0 Å². The van der Waals surface area contributed by atoms with Crippen LogP contribution >= 0.6 is 0 Å². The van der Waals surface area contributed by atoms with Gasteiger partial charge in [0.15, 0.2) is 5.43 Å². The van der Waals surface area contributed by atoms with Gasteiger partial charge in [-0.15, -0.1) is 0 Å². The molecule has 0 fully saturated rings. The molecule has 2 rings (SSSR count). The molecule has 0 aliphatic heterocycles. The predicted octanol–water partition coefficient (Wildman–Crippen LogP) is 1.99. The first-order valence-corrected chi connectivity index (χ1v) is 5.87. The summed E-state index contributed by atoms with van der Waals surface area (Å²) >= 11 is 0. The number of ether oxygens (including phenoxy) is 1. The fourth-order valence-corrected chi connectivity index (χ4v) is 1.92. The van der Waals surface area contributed by atoms with Gasteiger partial charge in [-0.1, -0.05) is 0 Å². The largest absolute Gasteiger partial charge is 0.494 e. The van der Waals surface area contributed by atoms with E-state index in [1.54, 1.807) is 29.0 Å². The van der Waals surface area contributed by atoms with Crippen LogP contribution in [0.3, 0.4) is 0 Å². The van der Waals surface area contributed by atoms with Crippen molar-refractivity contribution in [3.63, 3.8) is 0 Å². The summed E-state index contributed by atoms with van der Waals surface area (Å²) in [6.45, 7) is 4.25. The van der Waals surface area contributed by atoms with E-state index < -0.39 is 0 Å². The van der Waals surface area contributed by atoms with Gasteiger partial charge in [0.2, 0.25) is 0 Å². The molecule has 1 aromatic carbocycles. The molecule has 4 heteroatoms. The highest BCUT2D eigenvalue weighted by atomic mass is 16.5. The zero-order valence-electron chi connectivity index (χ0n) is 10.5. The van der Waals surface area contributed by atoms with Crippen molar-refractivity contribution in [1.82, 2.24) is 4.57 Å². The molecule has 0 saturated carbocycles. The fraction of sp³-hybridized carbons (Fsp3) is 0.286. The number of Topliss-reactive ketones (excluding diaryl/α,β-unsaturated/α-hetero) is 1. The number of benzene rings is 1. The molecule has 0 amide bonds. The highest BCUT2D eigenvalue weighted by Gasteiger charge is 2.06. The van der Waals surface area contributed by atoms with E-state index in [0.717, 1.165) is 5.52 Å². The van der Waals surface area contributed by atoms with Crippen LogP contribution in [0.1, 0.15) is 13.8 Å². The van der Waals surface area contributed by atoms with Crippen molar-refractivity contribution in [3.8, 4) is 5.75 Å². The lowest BCUT2D eigenvalue weighted by atomic mass is 10.2. The lowest BCUT2D eigenvalue weighted by Crippen LogP contribution is -2.12. The third kappa shape index (κ3) is 2.42. The van der Waals surface area contributed by atoms with Crippen molar-refractivity contribution in [2.24, 2.45) is 0 Å². The Morgan fingerprint density at radius 3 is 2.78 bits per heavy atom. The van der Waals surface area contributed by atoms with Crippen molar-refractivity contribution in [2.45, 2.75) is 20.4 Å². The standard InChI is InChI=1S/C14H15NO3/c1-3-18-11-4-5-12-13(8-11)15(9-10(2)16)7-6-14(12)17/h4-8H,3,9H2,1-2H3. The average Bonchev–Trinajstić information content (AvgIpc) is 2.33. The fourth-order valence-electron chi connectivity index (χ4n) is 1.92. The van der Waals surface area contributed by atoms with Gasteiger partial charge in [-0.25, -0.2) is 0 Å². The minimum atomic E-state index is -0.0483. The molecule has 0 unspecified atom stereocenters. The Hall–Kier alpha value is -2.10. The van der Waals surface area contributed by atoms with E-state index in [0.29, 0.717) is 17.7 Å². The van der Waals surface area contributed by atoms with E-state index in [1.807, 2.05) is 6.92 Å². The van der Waals surface area contributed by atoms with Crippen LogP contribution in [0.2, 0.25) is 0 Å². The highest BCUT2D eigenvalue weighted by Crippen LogP contribution is 2.18. The minimum Gasteiger partial charge on any atom is -0.494 e. The van der Waals surface area contributed by atoms with Gasteiger partial charge in [-0.3, -0.25) is 9.59 Å². The van der Waals surface area contributed by atoms with E-state index in [4.69, 9.17) is 4.74 Å². The lowest BCUT2D eigenvalue weighted by Gasteiger charge is -2.10. The maximum atomic E-state index is 11.7. The number of carbonyl (C=O) groups excluding carboxylic acids is 1. The molecule has 2 aromatic rings. The van der Waals surface area contributed by atoms with E-state index in [9.17, 15) is 9.59 Å². The Balaban J connectivity index is 2.63. The van der Waals surface area contributed by atoms with Crippen molar-refractivity contribution in [3.05, 3.63) is 40.7 Å². The zero-order valence-corrected chi connectivity index (χ0v) is 10.5. The molecular weight excluding hydrogens is 230 g/mol. The number of carbonyl (C=O) groups is 1. The Bertz CT molecular complexity index is 643. The predicted molar refractivity (Wildman–Crippen MR) is 70.1 cm³/mol. The van der Waals surface area contributed by atoms with E-state index in [-0.39, 0.29) is 17.8 Å². The Labute approximate surface area is 105 Å². The zero-order chi connectivity index (χ0) is 13.1. The summed E-state index contributed by atoms with van der Waals surface area (Å²) in [5.74, 6) is 0.745. The minimum absolute atomic E-state index is 0.0433. The molecule has 0 saturated heterocycles. The van der Waals surface area contributed by atoms with E-state index >= 15 is 0 Å². The molecule has 4 nitrogen and oxygen atoms in total. The van der Waals surface area contributed by atoms with Crippen LogP contribution in [0.5, 0.6) is 5.75 Å². The summed E-state index contributed by atoms with van der Waals surface area (Å²) in [6, 6.07) is 6.78. The van der Waals surface area contributed by atoms with Gasteiger partial charge in [-0.05, 0) is 26.0 Å². The molecule has 0 aliphatic rings. The lowest BCUT2D eigenvalue weighted by molar-refractivity contribution is -0.117. The second kappa shape index (κ2) is 5.04. The number of nitrogens with zero attached hydrogens (tertiary/aromatic N) is 1. The Kier molecular flexibility index (Phi) is 3.46. The van der Waals surface area contributed by atoms with Crippen LogP contribution in [0.15, 0.2) is 35.3 Å². The average molecular weight is 245 g/mol. The molecule has 0 spiro atoms. The number of rotatable bonds is 4. The number of fused-ring (bicyclic) bond motifs is 1. The monoisotopic (exact) mass is 245 g/mol. The topological polar surface area (TPSA) is 48.3 Å². The molecule has 0 bridgehead atoms. The number of pyridine rings is 1. The molecule has 1 aromatic heterocycles. The Morgan fingerprint density at radius 2 is 2.11 bits per heavy atom. The molecule has 1 heterocycles. The third-order valence-electron chi connectivity index (χ3n) is 2.65. The van der Waals surface area contributed by atoms with Crippen molar-refractivity contribution >= 4 is 16.7 Å². The first-order chi connectivity index (χ1) is 8.61. The summed E-state index contributed by atoms with van der Waals surface area (Å²) in [6.07, 6.45) is 1.64. The summed E-state index contributed by atoms with van der Waals surface area (Å²) in [7, 11) is 0. The van der Waals surface area contributed by atoms with E-state index in [1.165, 1.54) is 13.0 Å². The second-order valence-corrected chi connectivity index (χ2v) is 4.12. The first kappa shape index (κ1) is 12.4. The van der Waals surface area contributed by atoms with E-state index in [2.05, 4.69) is 0 Å².